The van der Waals surface area contributed by atoms with Gasteiger partial charge in [-0.25, -0.2) is 0 Å². The molecule has 0 aromatic heterocycles. The van der Waals surface area contributed by atoms with Crippen molar-refractivity contribution in [2.45, 2.75) is 37.9 Å². The van der Waals surface area contributed by atoms with Crippen LogP contribution in [0.15, 0.2) is 48.5 Å². The van der Waals surface area contributed by atoms with Crippen molar-refractivity contribution in [3.05, 3.63) is 64.7 Å². The molecule has 0 spiro atoms. The second-order valence-electron chi connectivity index (χ2n) is 7.53. The summed E-state index contributed by atoms with van der Waals surface area (Å²) in [7, 11) is 1.64. The summed E-state index contributed by atoms with van der Waals surface area (Å²) in [6.07, 6.45) is -0.960. The summed E-state index contributed by atoms with van der Waals surface area (Å²) >= 11 is 6.02. The van der Waals surface area contributed by atoms with Crippen molar-refractivity contribution >= 4 is 23.2 Å². The molecule has 1 amide bonds. The van der Waals surface area contributed by atoms with E-state index in [0.29, 0.717) is 5.92 Å². The molecule has 1 N–H and O–H groups in total. The van der Waals surface area contributed by atoms with E-state index in [1.807, 2.05) is 30.3 Å². The van der Waals surface area contributed by atoms with E-state index < -0.39 is 17.6 Å². The van der Waals surface area contributed by atoms with E-state index in [1.54, 1.807) is 11.9 Å². The lowest BCUT2D eigenvalue weighted by molar-refractivity contribution is -0.137. The quantitative estimate of drug-likeness (QED) is 0.628. The Morgan fingerprint density at radius 1 is 1.10 bits per heavy atom. The second kappa shape index (κ2) is 9.08. The van der Waals surface area contributed by atoms with Gasteiger partial charge in [-0.3, -0.25) is 4.79 Å². The molecule has 1 fully saturated rings. The summed E-state index contributed by atoms with van der Waals surface area (Å²) in [6.45, 7) is 0.869. The third-order valence-corrected chi connectivity index (χ3v) is 5.91. The number of carbonyl (C=O) groups is 1. The summed E-state index contributed by atoms with van der Waals surface area (Å²) in [5, 5.41) is 3.47. The number of nitrogens with one attached hydrogen (secondary N) is 1. The fourth-order valence-corrected chi connectivity index (χ4v) is 3.97. The van der Waals surface area contributed by atoms with E-state index in [9.17, 15) is 18.0 Å². The highest BCUT2D eigenvalue weighted by Gasteiger charge is 2.33. The molecular formula is C22H24ClF3N2O. The van der Waals surface area contributed by atoms with Crippen LogP contribution in [0.4, 0.5) is 18.9 Å². The number of amides is 1. The van der Waals surface area contributed by atoms with Crippen LogP contribution in [-0.2, 0) is 6.18 Å². The second-order valence-corrected chi connectivity index (χ2v) is 7.94. The molecule has 2 aromatic rings. The maximum absolute atomic E-state index is 13.0. The molecule has 3 nitrogen and oxygen atoms in total. The van der Waals surface area contributed by atoms with Crippen LogP contribution in [0.3, 0.4) is 0 Å². The van der Waals surface area contributed by atoms with E-state index in [2.05, 4.69) is 5.32 Å². The van der Waals surface area contributed by atoms with E-state index in [-0.39, 0.29) is 16.6 Å². The number of alkyl halides is 3. The Balaban J connectivity index is 1.58. The summed E-state index contributed by atoms with van der Waals surface area (Å²) < 4.78 is 38.9. The summed E-state index contributed by atoms with van der Waals surface area (Å²) in [5.74, 6) is 0.0408. The molecule has 1 aliphatic carbocycles. The Hall–Kier alpha value is -2.21. The molecule has 0 bridgehead atoms. The number of hydrogen-bond acceptors (Lipinski definition) is 2. The molecule has 0 unspecified atom stereocenters. The van der Waals surface area contributed by atoms with Crippen LogP contribution in [0.5, 0.6) is 0 Å². The minimum Gasteiger partial charge on any atom is -0.385 e. The zero-order valence-corrected chi connectivity index (χ0v) is 16.9. The number of halogens is 4. The Labute approximate surface area is 173 Å². The van der Waals surface area contributed by atoms with E-state index in [4.69, 9.17) is 11.6 Å². The first-order valence-corrected chi connectivity index (χ1v) is 10.1. The predicted octanol–water partition coefficient (Wildman–Crippen LogP) is 6.10. The molecule has 0 radical (unpaired) electrons. The lowest BCUT2D eigenvalue weighted by Crippen LogP contribution is -2.40. The van der Waals surface area contributed by atoms with Gasteiger partial charge in [0.15, 0.2) is 0 Å². The van der Waals surface area contributed by atoms with Gasteiger partial charge in [0, 0.05) is 25.3 Å². The van der Waals surface area contributed by atoms with E-state index >= 15 is 0 Å². The van der Waals surface area contributed by atoms with Gasteiger partial charge in [0.1, 0.15) is 0 Å². The normalized spacial score (nSPS) is 19.6. The predicted molar refractivity (Wildman–Crippen MR) is 109 cm³/mol. The van der Waals surface area contributed by atoms with Gasteiger partial charge in [0.05, 0.1) is 16.1 Å². The van der Waals surface area contributed by atoms with Crippen molar-refractivity contribution in [1.29, 1.82) is 0 Å². The Kier molecular flexibility index (Phi) is 6.73. The van der Waals surface area contributed by atoms with Crippen molar-refractivity contribution in [2.75, 3.05) is 18.9 Å². The number of hydrogen-bond donors (Lipinski definition) is 1. The average molecular weight is 425 g/mol. The highest BCUT2D eigenvalue weighted by molar-refractivity contribution is 6.33. The third-order valence-electron chi connectivity index (χ3n) is 5.58. The SMILES string of the molecule is CN(C(=O)c1cc(C(F)(F)F)ccc1Cl)C1CCC(CNc2ccccc2)CC1. The van der Waals surface area contributed by atoms with E-state index in [1.165, 1.54) is 0 Å². The van der Waals surface area contributed by atoms with Gasteiger partial charge in [-0.15, -0.1) is 0 Å². The number of para-hydroxylation sites is 1. The van der Waals surface area contributed by atoms with Crippen LogP contribution < -0.4 is 5.32 Å². The van der Waals surface area contributed by atoms with Gasteiger partial charge < -0.3 is 10.2 Å². The molecule has 0 aliphatic heterocycles. The highest BCUT2D eigenvalue weighted by atomic mass is 35.5. The Bertz CT molecular complexity index is 834. The van der Waals surface area contributed by atoms with Crippen molar-refractivity contribution in [3.8, 4) is 0 Å². The maximum Gasteiger partial charge on any atom is 0.416 e. The molecule has 3 rings (SSSR count). The number of rotatable bonds is 5. The minimum atomic E-state index is -4.51. The summed E-state index contributed by atoms with van der Waals surface area (Å²) in [5.41, 5.74) is 0.118. The standard InChI is InChI=1S/C22H24ClF3N2O/c1-28(21(29)19-13-16(22(24,25)26)9-12-20(19)23)18-10-7-15(8-11-18)14-27-17-5-3-2-4-6-17/h2-6,9,12-13,15,18,27H,7-8,10-11,14H2,1H3. The number of benzene rings is 2. The van der Waals surface area contributed by atoms with Crippen LogP contribution in [-0.4, -0.2) is 30.4 Å². The maximum atomic E-state index is 13.0. The monoisotopic (exact) mass is 424 g/mol. The molecular weight excluding hydrogens is 401 g/mol. The molecule has 0 saturated heterocycles. The average Bonchev–Trinajstić information content (AvgIpc) is 2.72. The smallest absolute Gasteiger partial charge is 0.385 e. The summed E-state index contributed by atoms with van der Waals surface area (Å²) in [4.78, 5) is 14.3. The van der Waals surface area contributed by atoms with Crippen LogP contribution in [0.25, 0.3) is 0 Å². The molecule has 1 saturated carbocycles. The highest BCUT2D eigenvalue weighted by Crippen LogP contribution is 2.33. The topological polar surface area (TPSA) is 32.3 Å². The zero-order chi connectivity index (χ0) is 21.0. The van der Waals surface area contributed by atoms with Gasteiger partial charge in [0.25, 0.3) is 5.91 Å². The summed E-state index contributed by atoms with van der Waals surface area (Å²) in [6, 6.07) is 12.9. The van der Waals surface area contributed by atoms with Crippen LogP contribution >= 0.6 is 11.6 Å². The van der Waals surface area contributed by atoms with Gasteiger partial charge in [0.2, 0.25) is 0 Å². The van der Waals surface area contributed by atoms with Gasteiger partial charge in [-0.2, -0.15) is 13.2 Å². The molecule has 0 atom stereocenters. The molecule has 1 aliphatic rings. The first-order chi connectivity index (χ1) is 13.8. The lowest BCUT2D eigenvalue weighted by atomic mass is 9.85. The van der Waals surface area contributed by atoms with Crippen molar-refractivity contribution in [2.24, 2.45) is 5.92 Å². The first-order valence-electron chi connectivity index (χ1n) is 9.68. The number of nitrogens with zero attached hydrogens (tertiary/aromatic N) is 1. The van der Waals surface area contributed by atoms with Gasteiger partial charge in [-0.05, 0) is 61.9 Å². The van der Waals surface area contributed by atoms with Gasteiger partial charge >= 0.3 is 6.18 Å². The number of carbonyl (C=O) groups excluding carboxylic acids is 1. The van der Waals surface area contributed by atoms with Gasteiger partial charge in [-0.1, -0.05) is 29.8 Å². The van der Waals surface area contributed by atoms with Crippen molar-refractivity contribution < 1.29 is 18.0 Å². The molecule has 29 heavy (non-hydrogen) atoms. The zero-order valence-electron chi connectivity index (χ0n) is 16.2. The molecule has 7 heteroatoms. The van der Waals surface area contributed by atoms with Crippen LogP contribution in [0.1, 0.15) is 41.6 Å². The Morgan fingerprint density at radius 3 is 2.38 bits per heavy atom. The van der Waals surface area contributed by atoms with Crippen molar-refractivity contribution in [1.82, 2.24) is 4.90 Å². The fourth-order valence-electron chi connectivity index (χ4n) is 3.78. The minimum absolute atomic E-state index is 0.00100. The van der Waals surface area contributed by atoms with Crippen molar-refractivity contribution in [3.63, 3.8) is 0 Å². The number of anilines is 1. The lowest BCUT2D eigenvalue weighted by Gasteiger charge is -2.35. The van der Waals surface area contributed by atoms with E-state index in [0.717, 1.165) is 56.1 Å². The molecule has 2 aromatic carbocycles. The molecule has 0 heterocycles. The Morgan fingerprint density at radius 2 is 1.76 bits per heavy atom. The van der Waals surface area contributed by atoms with Crippen LogP contribution in [0, 0.1) is 5.92 Å². The largest absolute Gasteiger partial charge is 0.416 e. The molecule has 156 valence electrons. The fraction of sp³-hybridized carbons (Fsp3) is 0.409. The third kappa shape index (κ3) is 5.44. The first kappa shape index (κ1) is 21.5. The van der Waals surface area contributed by atoms with Crippen LogP contribution in [0.2, 0.25) is 5.02 Å².